The summed E-state index contributed by atoms with van der Waals surface area (Å²) in [6.07, 6.45) is 4.71. The van der Waals surface area contributed by atoms with Gasteiger partial charge in [0, 0.05) is 52.9 Å². The fourth-order valence-corrected chi connectivity index (χ4v) is 5.99. The predicted octanol–water partition coefficient (Wildman–Crippen LogP) is 4.70. The molecule has 5 heterocycles. The van der Waals surface area contributed by atoms with Crippen LogP contribution in [0.4, 0.5) is 0 Å². The van der Waals surface area contributed by atoms with Gasteiger partial charge in [0.2, 0.25) is 0 Å². The Balaban J connectivity index is 1.18. The molecule has 4 aromatic heterocycles. The number of fused-ring (bicyclic) bond motifs is 2. The first-order chi connectivity index (χ1) is 17.9. The highest BCUT2D eigenvalue weighted by Crippen LogP contribution is 2.35. The van der Waals surface area contributed by atoms with E-state index in [-0.39, 0.29) is 30.2 Å². The number of thiazole rings is 1. The summed E-state index contributed by atoms with van der Waals surface area (Å²) in [6.45, 7) is 0.387. The molecule has 0 unspecified atom stereocenters. The van der Waals surface area contributed by atoms with Crippen LogP contribution in [-0.4, -0.2) is 53.7 Å². The van der Waals surface area contributed by atoms with Crippen LogP contribution in [0.1, 0.15) is 50.6 Å². The zero-order valence-corrected chi connectivity index (χ0v) is 21.7. The van der Waals surface area contributed by atoms with E-state index in [2.05, 4.69) is 20.2 Å². The normalized spacial score (nSPS) is 17.8. The van der Waals surface area contributed by atoms with Gasteiger partial charge in [-0.25, -0.2) is 9.97 Å². The van der Waals surface area contributed by atoms with Gasteiger partial charge in [-0.05, 0) is 43.2 Å². The van der Waals surface area contributed by atoms with Gasteiger partial charge in [-0.3, -0.25) is 14.7 Å². The zero-order valence-electron chi connectivity index (χ0n) is 19.4. The van der Waals surface area contributed by atoms with E-state index in [0.717, 1.165) is 16.6 Å². The van der Waals surface area contributed by atoms with Crippen molar-refractivity contribution < 1.29 is 9.59 Å². The topological polar surface area (TPSA) is 122 Å². The third kappa shape index (κ3) is 4.61. The van der Waals surface area contributed by atoms with Gasteiger partial charge in [-0.2, -0.15) is 5.10 Å². The van der Waals surface area contributed by atoms with Crippen LogP contribution < -0.4 is 5.73 Å². The number of carbonyl (C=O) groups is 2. The van der Waals surface area contributed by atoms with Crippen LogP contribution in [-0.2, 0) is 6.42 Å². The minimum Gasteiger partial charge on any atom is -0.326 e. The molecule has 6 rings (SSSR count). The van der Waals surface area contributed by atoms with E-state index in [1.165, 1.54) is 11.3 Å². The fraction of sp³-hybridized carbons (Fsp3) is 0.240. The zero-order chi connectivity index (χ0) is 25.7. The van der Waals surface area contributed by atoms with Crippen molar-refractivity contribution in [1.29, 1.82) is 0 Å². The van der Waals surface area contributed by atoms with Gasteiger partial charge in [0.15, 0.2) is 5.78 Å². The number of H-pyrrole nitrogens is 1. The molecule has 0 bridgehead atoms. The van der Waals surface area contributed by atoms with Gasteiger partial charge < -0.3 is 15.0 Å². The van der Waals surface area contributed by atoms with Crippen LogP contribution in [0.2, 0.25) is 10.0 Å². The number of imidazole rings is 1. The molecular formula is C25H21Cl2N7O2S. The SMILES string of the molecule is N[C@@H]1C[C@@H](c2nc(C(=O)CCc3[nH]nc4cc(Cl)ccc34)cs2)N(C(=O)c2cn3cc(Cl)ccc3n2)C1. The summed E-state index contributed by atoms with van der Waals surface area (Å²) in [4.78, 5) is 37.1. The first kappa shape index (κ1) is 24.1. The molecule has 0 aliphatic carbocycles. The second-order valence-corrected chi connectivity index (χ2v) is 10.8. The lowest BCUT2D eigenvalue weighted by molar-refractivity contribution is 0.0728. The third-order valence-electron chi connectivity index (χ3n) is 6.52. The van der Waals surface area contributed by atoms with Crippen molar-refractivity contribution in [2.45, 2.75) is 31.3 Å². The molecule has 5 aromatic rings. The molecular weight excluding hydrogens is 533 g/mol. The largest absolute Gasteiger partial charge is 0.326 e. The van der Waals surface area contributed by atoms with E-state index in [4.69, 9.17) is 28.9 Å². The molecule has 3 N–H and O–H groups in total. The summed E-state index contributed by atoms with van der Waals surface area (Å²) in [6, 6.07) is 8.46. The van der Waals surface area contributed by atoms with Crippen LogP contribution >= 0.6 is 34.5 Å². The Hall–Kier alpha value is -3.31. The molecule has 0 radical (unpaired) electrons. The number of hydrogen-bond acceptors (Lipinski definition) is 7. The number of nitrogens with zero attached hydrogens (tertiary/aromatic N) is 5. The van der Waals surface area contributed by atoms with Crippen molar-refractivity contribution in [1.82, 2.24) is 29.5 Å². The number of rotatable bonds is 6. The first-order valence-electron chi connectivity index (χ1n) is 11.7. The number of amides is 1. The molecule has 1 saturated heterocycles. The van der Waals surface area contributed by atoms with Crippen LogP contribution in [0, 0.1) is 0 Å². The van der Waals surface area contributed by atoms with Gasteiger partial charge in [0.1, 0.15) is 22.0 Å². The van der Waals surface area contributed by atoms with Gasteiger partial charge >= 0.3 is 0 Å². The van der Waals surface area contributed by atoms with Crippen molar-refractivity contribution >= 4 is 62.8 Å². The lowest BCUT2D eigenvalue weighted by Gasteiger charge is -2.21. The van der Waals surface area contributed by atoms with E-state index in [1.54, 1.807) is 51.3 Å². The van der Waals surface area contributed by atoms with Crippen LogP contribution in [0.3, 0.4) is 0 Å². The summed E-state index contributed by atoms with van der Waals surface area (Å²) >= 11 is 13.5. The Morgan fingerprint density at radius 2 is 1.95 bits per heavy atom. The number of benzene rings is 1. The predicted molar refractivity (Wildman–Crippen MR) is 142 cm³/mol. The first-order valence-corrected chi connectivity index (χ1v) is 13.3. The standard InChI is InChI=1S/C25H21Cl2N7O2S/c26-13-1-3-16-17(31-32-18(16)7-13)4-5-22(35)20-12-37-24(30-20)21-8-15(28)10-34(21)25(36)19-11-33-9-14(27)2-6-23(33)29-19/h1-3,6-7,9,11-12,15,21H,4-5,8,10,28H2,(H,31,32)/t15-,21+/m1/s1. The van der Waals surface area contributed by atoms with Crippen molar-refractivity contribution in [3.8, 4) is 0 Å². The molecule has 1 amide bonds. The Bertz CT molecular complexity index is 1660. The fourth-order valence-electron chi connectivity index (χ4n) is 4.71. The quantitative estimate of drug-likeness (QED) is 0.294. The summed E-state index contributed by atoms with van der Waals surface area (Å²) in [5, 5.41) is 11.8. The number of Topliss-reactive ketones (excluding diaryl/α,β-unsaturated/α-hetero) is 1. The van der Waals surface area contributed by atoms with Crippen molar-refractivity contribution in [2.24, 2.45) is 5.73 Å². The Morgan fingerprint density at radius 1 is 1.11 bits per heavy atom. The summed E-state index contributed by atoms with van der Waals surface area (Å²) < 4.78 is 1.72. The Labute approximate surface area is 225 Å². The van der Waals surface area contributed by atoms with Gasteiger partial charge in [0.05, 0.1) is 16.6 Å². The molecule has 1 aliphatic rings. The molecule has 2 atom stereocenters. The number of nitrogens with two attached hydrogens (primary N) is 1. The van der Waals surface area contributed by atoms with Crippen molar-refractivity contribution in [2.75, 3.05) is 6.54 Å². The van der Waals surface area contributed by atoms with Gasteiger partial charge in [-0.15, -0.1) is 11.3 Å². The second-order valence-electron chi connectivity index (χ2n) is 9.07. The maximum Gasteiger partial charge on any atom is 0.274 e. The van der Waals surface area contributed by atoms with E-state index in [9.17, 15) is 9.59 Å². The maximum atomic E-state index is 13.4. The van der Waals surface area contributed by atoms with Gasteiger partial charge in [-0.1, -0.05) is 23.2 Å². The lowest BCUT2D eigenvalue weighted by Crippen LogP contribution is -2.33. The Kier molecular flexibility index (Phi) is 6.20. The maximum absolute atomic E-state index is 13.4. The average molecular weight is 554 g/mol. The highest BCUT2D eigenvalue weighted by atomic mass is 35.5. The molecule has 1 fully saturated rings. The minimum atomic E-state index is -0.316. The smallest absolute Gasteiger partial charge is 0.274 e. The third-order valence-corrected chi connectivity index (χ3v) is 7.92. The number of pyridine rings is 1. The van der Waals surface area contributed by atoms with Crippen LogP contribution in [0.15, 0.2) is 48.1 Å². The average Bonchev–Trinajstić information content (AvgIpc) is 3.66. The van der Waals surface area contributed by atoms with Crippen molar-refractivity contribution in [3.05, 3.63) is 80.2 Å². The summed E-state index contributed by atoms with van der Waals surface area (Å²) in [5.74, 6) is -0.302. The van der Waals surface area contributed by atoms with Crippen molar-refractivity contribution in [3.63, 3.8) is 0 Å². The summed E-state index contributed by atoms with van der Waals surface area (Å²) in [7, 11) is 0. The van der Waals surface area contributed by atoms with Crippen LogP contribution in [0.5, 0.6) is 0 Å². The van der Waals surface area contributed by atoms with E-state index in [1.807, 2.05) is 6.07 Å². The minimum absolute atomic E-state index is 0.0726. The molecule has 1 aromatic carbocycles. The molecule has 188 valence electrons. The second kappa shape index (κ2) is 9.53. The molecule has 0 spiro atoms. The van der Waals surface area contributed by atoms with E-state index >= 15 is 0 Å². The number of aryl methyl sites for hydroxylation is 1. The van der Waals surface area contributed by atoms with Gasteiger partial charge in [0.25, 0.3) is 5.91 Å². The molecule has 12 heteroatoms. The number of aromatic nitrogens is 5. The number of carbonyl (C=O) groups excluding carboxylic acids is 2. The van der Waals surface area contributed by atoms with E-state index in [0.29, 0.717) is 51.5 Å². The van der Waals surface area contributed by atoms with E-state index < -0.39 is 0 Å². The van der Waals surface area contributed by atoms with Crippen LogP contribution in [0.25, 0.3) is 16.6 Å². The Morgan fingerprint density at radius 3 is 2.81 bits per heavy atom. The summed E-state index contributed by atoms with van der Waals surface area (Å²) in [5.41, 5.74) is 9.21. The lowest BCUT2D eigenvalue weighted by atomic mass is 10.1. The number of likely N-dealkylation sites (tertiary alicyclic amines) is 1. The molecule has 37 heavy (non-hydrogen) atoms. The number of hydrogen-bond donors (Lipinski definition) is 2. The number of ketones is 1. The molecule has 1 aliphatic heterocycles. The highest BCUT2D eigenvalue weighted by molar-refractivity contribution is 7.09. The molecule has 0 saturated carbocycles. The monoisotopic (exact) mass is 553 g/mol. The highest BCUT2D eigenvalue weighted by Gasteiger charge is 2.37. The number of halogens is 2. The number of nitrogens with one attached hydrogen (secondary N) is 1. The number of aromatic amines is 1. The molecule has 9 nitrogen and oxygen atoms in total.